The molecule has 0 saturated carbocycles. The van der Waals surface area contributed by atoms with Crippen molar-refractivity contribution in [3.63, 3.8) is 0 Å². The molecule has 5 heteroatoms. The number of carbonyl (C=O) groups is 1. The number of hydrogen-bond donors (Lipinski definition) is 0. The Morgan fingerprint density at radius 3 is 2.44 bits per heavy atom. The van der Waals surface area contributed by atoms with Gasteiger partial charge in [0.2, 0.25) is 0 Å². The van der Waals surface area contributed by atoms with E-state index in [1.807, 2.05) is 7.05 Å². The fraction of sp³-hybridized carbons (Fsp3) is 0.545. The molecule has 1 heterocycles. The number of rotatable bonds is 3. The summed E-state index contributed by atoms with van der Waals surface area (Å²) in [6.07, 6.45) is 2.77. The largest absolute Gasteiger partial charge is 0.357 e. The highest BCUT2D eigenvalue weighted by Crippen LogP contribution is 2.32. The number of aldehydes is 1. The van der Waals surface area contributed by atoms with E-state index in [0.717, 1.165) is 9.87 Å². The quantitative estimate of drug-likeness (QED) is 0.445. The third-order valence-corrected chi connectivity index (χ3v) is 5.62. The van der Waals surface area contributed by atoms with Gasteiger partial charge in [0.1, 0.15) is 0 Å². The van der Waals surface area contributed by atoms with Crippen molar-refractivity contribution >= 4 is 37.0 Å². The lowest BCUT2D eigenvalue weighted by atomic mass is 10.2. The molecule has 0 spiro atoms. The Balaban J connectivity index is 3.25. The van der Waals surface area contributed by atoms with E-state index in [0.29, 0.717) is 5.57 Å². The standard InChI is InChI=1S/C11H18INO2Si/c1-13-10(16(3,4)5)6-9(12)8(7-14)11(13)15-2/h6-7,11H,1-5H3. The minimum atomic E-state index is -1.41. The number of hydrogen-bond acceptors (Lipinski definition) is 3. The van der Waals surface area contributed by atoms with Crippen molar-refractivity contribution in [1.82, 2.24) is 4.90 Å². The summed E-state index contributed by atoms with van der Waals surface area (Å²) in [6, 6.07) is 0. The number of nitrogens with zero attached hydrogens (tertiary/aromatic N) is 1. The van der Waals surface area contributed by atoms with E-state index < -0.39 is 8.07 Å². The lowest BCUT2D eigenvalue weighted by molar-refractivity contribution is -0.107. The minimum Gasteiger partial charge on any atom is -0.357 e. The normalized spacial score (nSPS) is 22.2. The molecule has 16 heavy (non-hydrogen) atoms. The third kappa shape index (κ3) is 2.57. The maximum atomic E-state index is 11.1. The van der Waals surface area contributed by atoms with Gasteiger partial charge in [-0.2, -0.15) is 0 Å². The fourth-order valence-corrected chi connectivity index (χ4v) is 4.64. The maximum absolute atomic E-state index is 11.1. The van der Waals surface area contributed by atoms with Crippen LogP contribution in [0.3, 0.4) is 0 Å². The first-order valence-corrected chi connectivity index (χ1v) is 9.73. The molecule has 0 aromatic heterocycles. The molecule has 1 atom stereocenters. The second-order valence-electron chi connectivity index (χ2n) is 4.90. The maximum Gasteiger partial charge on any atom is 0.159 e. The molecular formula is C11H18INO2Si. The van der Waals surface area contributed by atoms with Crippen molar-refractivity contribution < 1.29 is 9.53 Å². The Morgan fingerprint density at radius 2 is 2.06 bits per heavy atom. The summed E-state index contributed by atoms with van der Waals surface area (Å²) < 4.78 is 6.41. The van der Waals surface area contributed by atoms with E-state index in [1.54, 1.807) is 7.11 Å². The summed E-state index contributed by atoms with van der Waals surface area (Å²) in [5.74, 6) is 0. The van der Waals surface area contributed by atoms with E-state index in [9.17, 15) is 4.79 Å². The van der Waals surface area contributed by atoms with Crippen molar-refractivity contribution in [3.8, 4) is 0 Å². The van der Waals surface area contributed by atoms with Crippen LogP contribution in [0.1, 0.15) is 0 Å². The lowest BCUT2D eigenvalue weighted by Crippen LogP contribution is -2.45. The van der Waals surface area contributed by atoms with Crippen molar-refractivity contribution in [3.05, 3.63) is 20.5 Å². The minimum absolute atomic E-state index is 0.240. The molecule has 1 aliphatic rings. The summed E-state index contributed by atoms with van der Waals surface area (Å²) in [7, 11) is 2.22. The highest BCUT2D eigenvalue weighted by molar-refractivity contribution is 14.1. The van der Waals surface area contributed by atoms with E-state index in [-0.39, 0.29) is 6.23 Å². The van der Waals surface area contributed by atoms with E-state index >= 15 is 0 Å². The molecule has 0 saturated heterocycles. The highest BCUT2D eigenvalue weighted by Gasteiger charge is 2.33. The SMILES string of the molecule is COC1C(C=O)=C(I)C=C([Si](C)(C)C)N1C. The summed E-state index contributed by atoms with van der Waals surface area (Å²) in [6.45, 7) is 6.87. The van der Waals surface area contributed by atoms with Crippen LogP contribution in [0.5, 0.6) is 0 Å². The van der Waals surface area contributed by atoms with E-state index in [1.165, 1.54) is 5.32 Å². The van der Waals surface area contributed by atoms with Crippen LogP contribution < -0.4 is 0 Å². The topological polar surface area (TPSA) is 29.5 Å². The molecule has 0 amide bonds. The fourth-order valence-electron chi connectivity index (χ4n) is 1.90. The Hall–Kier alpha value is -0.143. The van der Waals surface area contributed by atoms with Crippen LogP contribution in [0.25, 0.3) is 0 Å². The van der Waals surface area contributed by atoms with Gasteiger partial charge in [-0.15, -0.1) is 0 Å². The zero-order valence-corrected chi connectivity index (χ0v) is 13.5. The van der Waals surface area contributed by atoms with Gasteiger partial charge in [-0.1, -0.05) is 19.6 Å². The Bertz CT molecular complexity index is 357. The molecule has 0 bridgehead atoms. The molecule has 1 unspecified atom stereocenters. The zero-order valence-electron chi connectivity index (χ0n) is 10.4. The van der Waals surface area contributed by atoms with Crippen LogP contribution in [-0.2, 0) is 9.53 Å². The van der Waals surface area contributed by atoms with E-state index in [2.05, 4.69) is 53.2 Å². The second kappa shape index (κ2) is 5.01. The Morgan fingerprint density at radius 1 is 1.50 bits per heavy atom. The lowest BCUT2D eigenvalue weighted by Gasteiger charge is -2.39. The van der Waals surface area contributed by atoms with Crippen LogP contribution in [0.15, 0.2) is 20.5 Å². The third-order valence-electron chi connectivity index (χ3n) is 2.66. The molecule has 1 aliphatic heterocycles. The predicted octanol–water partition coefficient (Wildman–Crippen LogP) is 2.55. The van der Waals surface area contributed by atoms with E-state index in [4.69, 9.17) is 4.74 Å². The average Bonchev–Trinajstić information content (AvgIpc) is 2.18. The van der Waals surface area contributed by atoms with Gasteiger partial charge >= 0.3 is 0 Å². The molecule has 0 aromatic rings. The Kier molecular flexibility index (Phi) is 4.36. The van der Waals surface area contributed by atoms with Gasteiger partial charge in [0.05, 0.1) is 13.6 Å². The molecule has 0 aromatic carbocycles. The molecule has 3 nitrogen and oxygen atoms in total. The van der Waals surface area contributed by atoms with Crippen LogP contribution in [-0.4, -0.2) is 39.6 Å². The molecule has 1 rings (SSSR count). The van der Waals surface area contributed by atoms with Crippen molar-refractivity contribution in [1.29, 1.82) is 0 Å². The summed E-state index contributed by atoms with van der Waals surface area (Å²) in [5, 5.41) is 1.31. The predicted molar refractivity (Wildman–Crippen MR) is 77.1 cm³/mol. The van der Waals surface area contributed by atoms with Crippen LogP contribution in [0, 0.1) is 0 Å². The van der Waals surface area contributed by atoms with Crippen molar-refractivity contribution in [2.24, 2.45) is 0 Å². The number of halogens is 1. The number of methoxy groups -OCH3 is 1. The average molecular weight is 351 g/mol. The molecular weight excluding hydrogens is 333 g/mol. The second-order valence-corrected chi connectivity index (χ2v) is 11.1. The molecule has 0 N–H and O–H groups in total. The molecule has 0 radical (unpaired) electrons. The van der Waals surface area contributed by atoms with Gasteiger partial charge < -0.3 is 9.64 Å². The van der Waals surface area contributed by atoms with Gasteiger partial charge in [-0.25, -0.2) is 0 Å². The van der Waals surface area contributed by atoms with Crippen LogP contribution in [0.2, 0.25) is 19.6 Å². The summed E-state index contributed by atoms with van der Waals surface area (Å²) in [4.78, 5) is 13.1. The number of carbonyl (C=O) groups excluding carboxylic acids is 1. The van der Waals surface area contributed by atoms with Crippen LogP contribution >= 0.6 is 22.6 Å². The Labute approximate surface area is 112 Å². The van der Waals surface area contributed by atoms with Gasteiger partial charge in [0, 0.05) is 17.7 Å². The summed E-state index contributed by atoms with van der Waals surface area (Å²) in [5.41, 5.74) is 0.715. The monoisotopic (exact) mass is 351 g/mol. The number of ether oxygens (including phenoxy) is 1. The van der Waals surface area contributed by atoms with Crippen LogP contribution in [0.4, 0.5) is 0 Å². The first kappa shape index (κ1) is 13.9. The van der Waals surface area contributed by atoms with Gasteiger partial charge in [0.15, 0.2) is 12.5 Å². The first-order valence-electron chi connectivity index (χ1n) is 5.15. The molecule has 0 fully saturated rings. The highest BCUT2D eigenvalue weighted by atomic mass is 127. The first-order chi connectivity index (χ1) is 7.32. The zero-order chi connectivity index (χ0) is 12.5. The molecule has 90 valence electrons. The van der Waals surface area contributed by atoms with Gasteiger partial charge in [-0.3, -0.25) is 4.79 Å². The van der Waals surface area contributed by atoms with Gasteiger partial charge in [-0.05, 0) is 34.0 Å². The summed E-state index contributed by atoms with van der Waals surface area (Å²) >= 11 is 2.21. The van der Waals surface area contributed by atoms with Crippen molar-refractivity contribution in [2.75, 3.05) is 14.2 Å². The number of allylic oxidation sites excluding steroid dienone is 2. The molecule has 0 aliphatic carbocycles. The smallest absolute Gasteiger partial charge is 0.159 e. The number of likely N-dealkylation sites (N-methyl/N-ethyl adjacent to an activating group) is 1. The van der Waals surface area contributed by atoms with Crippen molar-refractivity contribution in [2.45, 2.75) is 25.9 Å². The van der Waals surface area contributed by atoms with Gasteiger partial charge in [0.25, 0.3) is 0 Å².